The van der Waals surface area contributed by atoms with E-state index in [1.807, 2.05) is 6.92 Å². The second-order valence-electron chi connectivity index (χ2n) is 6.81. The maximum absolute atomic E-state index is 13.6. The van der Waals surface area contributed by atoms with Crippen LogP contribution in [0.15, 0.2) is 29.3 Å². The lowest BCUT2D eigenvalue weighted by Gasteiger charge is -2.29. The smallest absolute Gasteiger partial charge is 0.282 e. The molecular formula is C18H19ClFN5O. The first kappa shape index (κ1) is 17.2. The quantitative estimate of drug-likeness (QED) is 0.760. The number of benzene rings is 1. The molecule has 1 atom stereocenters. The van der Waals surface area contributed by atoms with Gasteiger partial charge in [0.1, 0.15) is 11.3 Å². The average molecular weight is 376 g/mol. The Bertz CT molecular complexity index is 1070. The molecule has 0 saturated heterocycles. The van der Waals surface area contributed by atoms with E-state index >= 15 is 0 Å². The molecule has 8 heteroatoms. The lowest BCUT2D eigenvalue weighted by atomic mass is 9.84. The minimum Gasteiger partial charge on any atom is -0.316 e. The van der Waals surface area contributed by atoms with Gasteiger partial charge in [-0.05, 0) is 37.0 Å². The van der Waals surface area contributed by atoms with Gasteiger partial charge in [0.05, 0.1) is 22.6 Å². The Labute approximate surface area is 154 Å². The summed E-state index contributed by atoms with van der Waals surface area (Å²) in [4.78, 5) is 17.3. The van der Waals surface area contributed by atoms with Crippen LogP contribution in [-0.2, 0) is 12.6 Å². The first-order valence-electron chi connectivity index (χ1n) is 8.55. The van der Waals surface area contributed by atoms with Crippen molar-refractivity contribution < 1.29 is 4.39 Å². The molecule has 1 fully saturated rings. The third kappa shape index (κ3) is 2.46. The number of halogens is 2. The number of hydrogen-bond acceptors (Lipinski definition) is 4. The Morgan fingerprint density at radius 2 is 2.12 bits per heavy atom. The Morgan fingerprint density at radius 3 is 2.73 bits per heavy atom. The molecule has 1 saturated carbocycles. The normalized spacial score (nSPS) is 16.8. The van der Waals surface area contributed by atoms with Crippen molar-refractivity contribution in [1.29, 1.82) is 0 Å². The van der Waals surface area contributed by atoms with Crippen molar-refractivity contribution in [2.75, 3.05) is 0 Å². The molecule has 26 heavy (non-hydrogen) atoms. The average Bonchev–Trinajstić information content (AvgIpc) is 3.39. The summed E-state index contributed by atoms with van der Waals surface area (Å²) in [5, 5.41) is 4.40. The summed E-state index contributed by atoms with van der Waals surface area (Å²) in [6, 6.07) is 4.63. The molecule has 2 heterocycles. The van der Waals surface area contributed by atoms with Crippen LogP contribution < -0.4 is 11.3 Å². The monoisotopic (exact) mass is 375 g/mol. The standard InChI is InChI=1S/C18H19ClFN5O/c1-3-18(21,10-4-7-13(20)12(19)8-10)16-14-15(23-24(16)2)17(26)25(9-22-14)11-5-6-11/h4,7-9,11H,3,5-6,21H2,1-2H3/t18-/m0/s1. The van der Waals surface area contributed by atoms with E-state index in [1.54, 1.807) is 28.7 Å². The number of aromatic nitrogens is 4. The predicted molar refractivity (Wildman–Crippen MR) is 97.7 cm³/mol. The van der Waals surface area contributed by atoms with Gasteiger partial charge in [-0.15, -0.1) is 0 Å². The van der Waals surface area contributed by atoms with E-state index in [4.69, 9.17) is 17.3 Å². The zero-order valence-electron chi connectivity index (χ0n) is 14.5. The molecule has 1 aromatic carbocycles. The predicted octanol–water partition coefficient (Wildman–Crippen LogP) is 2.87. The summed E-state index contributed by atoms with van der Waals surface area (Å²) < 4.78 is 16.8. The molecular weight excluding hydrogens is 357 g/mol. The Kier molecular flexibility index (Phi) is 3.89. The molecule has 0 spiro atoms. The van der Waals surface area contributed by atoms with Crippen LogP contribution in [0.3, 0.4) is 0 Å². The number of fused-ring (bicyclic) bond motifs is 1. The summed E-state index contributed by atoms with van der Waals surface area (Å²) in [6.45, 7) is 1.92. The van der Waals surface area contributed by atoms with E-state index in [9.17, 15) is 9.18 Å². The van der Waals surface area contributed by atoms with Gasteiger partial charge in [0.2, 0.25) is 0 Å². The van der Waals surface area contributed by atoms with Crippen molar-refractivity contribution in [2.45, 2.75) is 37.8 Å². The molecule has 1 aliphatic carbocycles. The highest BCUT2D eigenvalue weighted by Gasteiger charge is 2.36. The molecule has 0 radical (unpaired) electrons. The fourth-order valence-corrected chi connectivity index (χ4v) is 3.65. The van der Waals surface area contributed by atoms with Crippen LogP contribution in [-0.4, -0.2) is 19.3 Å². The maximum Gasteiger partial charge on any atom is 0.282 e. The van der Waals surface area contributed by atoms with Crippen molar-refractivity contribution in [3.05, 3.63) is 57.0 Å². The molecule has 1 aliphatic rings. The van der Waals surface area contributed by atoms with Crippen molar-refractivity contribution >= 4 is 22.6 Å². The number of nitrogens with zero attached hydrogens (tertiary/aromatic N) is 4. The van der Waals surface area contributed by atoms with Crippen LogP contribution in [0.5, 0.6) is 0 Å². The van der Waals surface area contributed by atoms with E-state index in [2.05, 4.69) is 10.1 Å². The van der Waals surface area contributed by atoms with Crippen molar-refractivity contribution in [3.63, 3.8) is 0 Å². The van der Waals surface area contributed by atoms with Gasteiger partial charge in [0.15, 0.2) is 5.52 Å². The van der Waals surface area contributed by atoms with Crippen LogP contribution in [0.25, 0.3) is 11.0 Å². The van der Waals surface area contributed by atoms with E-state index in [0.29, 0.717) is 28.7 Å². The minimum atomic E-state index is -1.01. The van der Waals surface area contributed by atoms with Gasteiger partial charge in [-0.1, -0.05) is 24.6 Å². The fourth-order valence-electron chi connectivity index (χ4n) is 3.47. The second-order valence-corrected chi connectivity index (χ2v) is 7.22. The highest BCUT2D eigenvalue weighted by molar-refractivity contribution is 6.30. The van der Waals surface area contributed by atoms with Crippen LogP contribution in [0, 0.1) is 5.82 Å². The van der Waals surface area contributed by atoms with Gasteiger partial charge < -0.3 is 5.73 Å². The highest BCUT2D eigenvalue weighted by Crippen LogP contribution is 2.36. The van der Waals surface area contributed by atoms with Crippen LogP contribution >= 0.6 is 11.6 Å². The topological polar surface area (TPSA) is 78.7 Å². The Morgan fingerprint density at radius 1 is 1.38 bits per heavy atom. The number of hydrogen-bond donors (Lipinski definition) is 1. The third-order valence-electron chi connectivity index (χ3n) is 5.13. The molecule has 0 unspecified atom stereocenters. The minimum absolute atomic E-state index is 0.00120. The first-order chi connectivity index (χ1) is 12.4. The molecule has 0 amide bonds. The Balaban J connectivity index is 1.96. The second kappa shape index (κ2) is 5.89. The molecule has 0 bridgehead atoms. The lowest BCUT2D eigenvalue weighted by Crippen LogP contribution is -2.39. The van der Waals surface area contributed by atoms with E-state index in [0.717, 1.165) is 12.8 Å². The highest BCUT2D eigenvalue weighted by atomic mass is 35.5. The number of rotatable bonds is 4. The summed E-state index contributed by atoms with van der Waals surface area (Å²) in [5.74, 6) is -0.505. The van der Waals surface area contributed by atoms with Gasteiger partial charge in [-0.3, -0.25) is 14.0 Å². The van der Waals surface area contributed by atoms with E-state index < -0.39 is 11.4 Å². The van der Waals surface area contributed by atoms with Crippen molar-refractivity contribution in [2.24, 2.45) is 12.8 Å². The van der Waals surface area contributed by atoms with E-state index in [-0.39, 0.29) is 16.6 Å². The number of aryl methyl sites for hydroxylation is 1. The van der Waals surface area contributed by atoms with Gasteiger partial charge >= 0.3 is 0 Å². The number of nitrogens with two attached hydrogens (primary N) is 1. The van der Waals surface area contributed by atoms with Gasteiger partial charge in [0.25, 0.3) is 5.56 Å². The summed E-state index contributed by atoms with van der Waals surface area (Å²) in [6.07, 6.45) is 4.03. The molecule has 6 nitrogen and oxygen atoms in total. The zero-order chi connectivity index (χ0) is 18.6. The molecule has 2 aromatic heterocycles. The summed E-state index contributed by atoms with van der Waals surface area (Å²) in [5.41, 5.74) is 7.60. The first-order valence-corrected chi connectivity index (χ1v) is 8.93. The SMILES string of the molecule is CC[C@](N)(c1ccc(F)c(Cl)c1)c1c2ncn(C3CC3)c(=O)c2nn1C. The van der Waals surface area contributed by atoms with Gasteiger partial charge in [0, 0.05) is 13.1 Å². The van der Waals surface area contributed by atoms with Crippen LogP contribution in [0.1, 0.15) is 43.5 Å². The van der Waals surface area contributed by atoms with Crippen LogP contribution in [0.4, 0.5) is 4.39 Å². The fraction of sp³-hybridized carbons (Fsp3) is 0.389. The molecule has 0 aliphatic heterocycles. The van der Waals surface area contributed by atoms with Crippen LogP contribution in [0.2, 0.25) is 5.02 Å². The van der Waals surface area contributed by atoms with Crippen molar-refractivity contribution in [1.82, 2.24) is 19.3 Å². The van der Waals surface area contributed by atoms with Gasteiger partial charge in [-0.25, -0.2) is 9.37 Å². The zero-order valence-corrected chi connectivity index (χ0v) is 15.3. The summed E-state index contributed by atoms with van der Waals surface area (Å²) in [7, 11) is 1.74. The van der Waals surface area contributed by atoms with E-state index in [1.165, 1.54) is 12.1 Å². The maximum atomic E-state index is 13.6. The molecule has 136 valence electrons. The molecule has 4 rings (SSSR count). The Hall–Kier alpha value is -2.25. The van der Waals surface area contributed by atoms with Gasteiger partial charge in [-0.2, -0.15) is 5.10 Å². The summed E-state index contributed by atoms with van der Waals surface area (Å²) >= 11 is 5.96. The third-order valence-corrected chi connectivity index (χ3v) is 5.42. The van der Waals surface area contributed by atoms with Crippen molar-refractivity contribution in [3.8, 4) is 0 Å². The molecule has 3 aromatic rings. The lowest BCUT2D eigenvalue weighted by molar-refractivity contribution is 0.474. The molecule has 2 N–H and O–H groups in total. The largest absolute Gasteiger partial charge is 0.316 e.